The number of nitrogens with two attached hydrogens (primary N) is 1. The van der Waals surface area contributed by atoms with Gasteiger partial charge in [-0.15, -0.1) is 0 Å². The number of carbonyl (C=O) groups is 1. The first-order valence-electron chi connectivity index (χ1n) is 5.64. The lowest BCUT2D eigenvalue weighted by Gasteiger charge is -2.36. The van der Waals surface area contributed by atoms with Crippen molar-refractivity contribution in [1.29, 1.82) is 0 Å². The van der Waals surface area contributed by atoms with Crippen molar-refractivity contribution in [1.82, 2.24) is 10.0 Å². The van der Waals surface area contributed by atoms with Crippen LogP contribution in [0.15, 0.2) is 0 Å². The van der Waals surface area contributed by atoms with Crippen LogP contribution in [0.4, 0.5) is 0 Å². The average molecular weight is 213 g/mol. The van der Waals surface area contributed by atoms with Crippen molar-refractivity contribution in [3.8, 4) is 0 Å². The summed E-state index contributed by atoms with van der Waals surface area (Å²) in [4.78, 5) is 11.7. The van der Waals surface area contributed by atoms with Gasteiger partial charge in [0.15, 0.2) is 0 Å². The van der Waals surface area contributed by atoms with Gasteiger partial charge in [-0.3, -0.25) is 9.80 Å². The van der Waals surface area contributed by atoms with Gasteiger partial charge in [-0.1, -0.05) is 13.8 Å². The Hall–Kier alpha value is -0.610. The molecule has 0 aromatic rings. The molecule has 88 valence electrons. The maximum absolute atomic E-state index is 11.7. The van der Waals surface area contributed by atoms with Crippen molar-refractivity contribution in [3.05, 3.63) is 0 Å². The molecule has 0 saturated carbocycles. The maximum Gasteiger partial charge on any atom is 0.238 e. The summed E-state index contributed by atoms with van der Waals surface area (Å²) in [6, 6.07) is 0.244. The Morgan fingerprint density at radius 1 is 1.47 bits per heavy atom. The van der Waals surface area contributed by atoms with Gasteiger partial charge in [-0.05, 0) is 25.8 Å². The zero-order valence-electron chi connectivity index (χ0n) is 10.3. The number of nitrogens with zero attached hydrogens (tertiary/aromatic N) is 2. The van der Waals surface area contributed by atoms with Gasteiger partial charge in [0, 0.05) is 25.6 Å². The highest BCUT2D eigenvalue weighted by Crippen LogP contribution is 2.22. The molecule has 1 heterocycles. The zero-order chi connectivity index (χ0) is 11.6. The summed E-state index contributed by atoms with van der Waals surface area (Å²) in [5.41, 5.74) is 5.78. The van der Waals surface area contributed by atoms with Crippen LogP contribution < -0.4 is 5.73 Å². The number of rotatable bonds is 4. The number of hydrogen-bond donors (Lipinski definition) is 1. The monoisotopic (exact) mass is 213 g/mol. The lowest BCUT2D eigenvalue weighted by Crippen LogP contribution is -2.48. The zero-order valence-corrected chi connectivity index (χ0v) is 10.3. The van der Waals surface area contributed by atoms with Gasteiger partial charge in [0.25, 0.3) is 0 Å². The highest BCUT2D eigenvalue weighted by molar-refractivity contribution is 5.77. The van der Waals surface area contributed by atoms with Gasteiger partial charge in [0.1, 0.15) is 0 Å². The molecule has 4 nitrogen and oxygen atoms in total. The number of amides is 1. The third-order valence-corrected chi connectivity index (χ3v) is 2.80. The minimum atomic E-state index is 0.0672. The molecule has 0 spiro atoms. The fourth-order valence-corrected chi connectivity index (χ4v) is 1.93. The summed E-state index contributed by atoms with van der Waals surface area (Å²) in [6.45, 7) is 10.7. The van der Waals surface area contributed by atoms with E-state index in [-0.39, 0.29) is 17.4 Å². The van der Waals surface area contributed by atoms with E-state index in [1.54, 1.807) is 0 Å². The van der Waals surface area contributed by atoms with E-state index in [9.17, 15) is 4.79 Å². The van der Waals surface area contributed by atoms with Crippen LogP contribution in [0.1, 0.15) is 34.1 Å². The van der Waals surface area contributed by atoms with Gasteiger partial charge in [0.05, 0.1) is 0 Å². The molecule has 1 aliphatic rings. The minimum absolute atomic E-state index is 0.0672. The number of carbonyl (C=O) groups excluding carboxylic acids is 1. The lowest BCUT2D eigenvalue weighted by atomic mass is 9.94. The van der Waals surface area contributed by atoms with Crippen LogP contribution in [0.2, 0.25) is 0 Å². The molecule has 4 heteroatoms. The van der Waals surface area contributed by atoms with Crippen molar-refractivity contribution in [2.45, 2.75) is 40.2 Å². The molecule has 0 unspecified atom stereocenters. The Balaban J connectivity index is 2.66. The predicted octanol–water partition coefficient (Wildman–Crippen LogP) is 0.829. The molecule has 1 amide bonds. The fourth-order valence-electron chi connectivity index (χ4n) is 1.93. The Kier molecular flexibility index (Phi) is 3.73. The quantitative estimate of drug-likeness (QED) is 0.752. The largest absolute Gasteiger partial charge is 0.330 e. The standard InChI is InChI=1S/C11H23N3O/c1-9(2)14-10(15)5-6-13(14)8-11(3,4)7-12/h9H,5-8,12H2,1-4H3. The smallest absolute Gasteiger partial charge is 0.238 e. The molecule has 0 aliphatic carbocycles. The van der Waals surface area contributed by atoms with Crippen LogP contribution in [0, 0.1) is 5.41 Å². The molecule has 0 atom stereocenters. The second kappa shape index (κ2) is 4.49. The van der Waals surface area contributed by atoms with Crippen molar-refractivity contribution in [2.75, 3.05) is 19.6 Å². The molecule has 0 radical (unpaired) electrons. The van der Waals surface area contributed by atoms with E-state index in [1.165, 1.54) is 0 Å². The summed E-state index contributed by atoms with van der Waals surface area (Å²) in [6.07, 6.45) is 0.638. The topological polar surface area (TPSA) is 49.6 Å². The number of hydrazine groups is 1. The highest BCUT2D eigenvalue weighted by Gasteiger charge is 2.33. The van der Waals surface area contributed by atoms with E-state index in [0.29, 0.717) is 13.0 Å². The van der Waals surface area contributed by atoms with Crippen LogP contribution in [0.25, 0.3) is 0 Å². The summed E-state index contributed by atoms with van der Waals surface area (Å²) in [5.74, 6) is 0.234. The molecule has 1 saturated heterocycles. The molecule has 1 rings (SSSR count). The van der Waals surface area contributed by atoms with Crippen LogP contribution in [0.5, 0.6) is 0 Å². The molecule has 1 fully saturated rings. The predicted molar refractivity (Wildman–Crippen MR) is 61.0 cm³/mol. The second-order valence-corrected chi connectivity index (χ2v) is 5.34. The van der Waals surface area contributed by atoms with Gasteiger partial charge in [-0.2, -0.15) is 0 Å². The minimum Gasteiger partial charge on any atom is -0.330 e. The van der Waals surface area contributed by atoms with Gasteiger partial charge < -0.3 is 5.73 Å². The lowest BCUT2D eigenvalue weighted by molar-refractivity contribution is -0.143. The van der Waals surface area contributed by atoms with Crippen LogP contribution in [-0.2, 0) is 4.79 Å². The molecule has 0 aromatic heterocycles. The third-order valence-electron chi connectivity index (χ3n) is 2.80. The van der Waals surface area contributed by atoms with E-state index in [1.807, 2.05) is 18.9 Å². The Bertz CT molecular complexity index is 238. The van der Waals surface area contributed by atoms with Crippen molar-refractivity contribution < 1.29 is 4.79 Å². The summed E-state index contributed by atoms with van der Waals surface area (Å²) >= 11 is 0. The van der Waals surface area contributed by atoms with Crippen molar-refractivity contribution >= 4 is 5.91 Å². The first kappa shape index (κ1) is 12.5. The van der Waals surface area contributed by atoms with E-state index in [0.717, 1.165) is 13.1 Å². The first-order valence-corrected chi connectivity index (χ1v) is 5.64. The molecule has 0 aromatic carbocycles. The third kappa shape index (κ3) is 2.92. The van der Waals surface area contributed by atoms with Gasteiger partial charge in [-0.25, -0.2) is 5.01 Å². The maximum atomic E-state index is 11.7. The van der Waals surface area contributed by atoms with Crippen LogP contribution in [-0.4, -0.2) is 41.6 Å². The SMILES string of the molecule is CC(C)N1C(=O)CCN1CC(C)(C)CN. The van der Waals surface area contributed by atoms with E-state index >= 15 is 0 Å². The summed E-state index contributed by atoms with van der Waals surface area (Å²) in [5, 5.41) is 4.01. The van der Waals surface area contributed by atoms with Crippen LogP contribution >= 0.6 is 0 Å². The van der Waals surface area contributed by atoms with Crippen molar-refractivity contribution in [3.63, 3.8) is 0 Å². The average Bonchev–Trinajstić information content (AvgIpc) is 2.46. The molecule has 0 bridgehead atoms. The van der Waals surface area contributed by atoms with E-state index in [2.05, 4.69) is 18.9 Å². The van der Waals surface area contributed by atoms with Crippen LogP contribution in [0.3, 0.4) is 0 Å². The first-order chi connectivity index (χ1) is 6.87. The Morgan fingerprint density at radius 2 is 2.07 bits per heavy atom. The second-order valence-electron chi connectivity index (χ2n) is 5.34. The van der Waals surface area contributed by atoms with Gasteiger partial charge in [0.2, 0.25) is 5.91 Å². The van der Waals surface area contributed by atoms with E-state index in [4.69, 9.17) is 5.73 Å². The highest BCUT2D eigenvalue weighted by atomic mass is 16.2. The molecular weight excluding hydrogens is 190 g/mol. The normalized spacial score (nSPS) is 19.3. The summed E-state index contributed by atoms with van der Waals surface area (Å²) < 4.78 is 0. The molecule has 1 aliphatic heterocycles. The summed E-state index contributed by atoms with van der Waals surface area (Å²) in [7, 11) is 0. The van der Waals surface area contributed by atoms with Gasteiger partial charge >= 0.3 is 0 Å². The molecular formula is C11H23N3O. The van der Waals surface area contributed by atoms with E-state index < -0.39 is 0 Å². The Labute approximate surface area is 92.4 Å². The Morgan fingerprint density at radius 3 is 2.53 bits per heavy atom. The van der Waals surface area contributed by atoms with Crippen molar-refractivity contribution in [2.24, 2.45) is 11.1 Å². The fraction of sp³-hybridized carbons (Fsp3) is 0.909. The number of hydrogen-bond acceptors (Lipinski definition) is 3. The molecule has 15 heavy (non-hydrogen) atoms. The molecule has 2 N–H and O–H groups in total.